The van der Waals surface area contributed by atoms with Crippen molar-refractivity contribution >= 4 is 33.6 Å². The van der Waals surface area contributed by atoms with Crippen LogP contribution in [0.5, 0.6) is 0 Å². The molecule has 0 aliphatic carbocycles. The Balaban J connectivity index is 1.61. The van der Waals surface area contributed by atoms with Gasteiger partial charge in [0, 0.05) is 28.6 Å². The van der Waals surface area contributed by atoms with Crippen LogP contribution in [0.15, 0.2) is 69.5 Å². The molecule has 0 saturated heterocycles. The number of anilines is 2. The highest BCUT2D eigenvalue weighted by Gasteiger charge is 2.14. The second-order valence-electron chi connectivity index (χ2n) is 6.07. The number of hydrogen-bond donors (Lipinski definition) is 2. The van der Waals surface area contributed by atoms with Gasteiger partial charge in [-0.1, -0.05) is 6.07 Å². The number of aromatic nitrogens is 2. The molecule has 3 aromatic carbocycles. The molecule has 26 heavy (non-hydrogen) atoms. The SMILES string of the molecule is Nc1ccc(-c2nc3cc4nc(-c5cccc(N)c5)oc4cc3o2)cc1. The van der Waals surface area contributed by atoms with Crippen LogP contribution in [0.3, 0.4) is 0 Å². The summed E-state index contributed by atoms with van der Waals surface area (Å²) in [6.45, 7) is 0. The molecule has 2 heterocycles. The molecule has 0 spiro atoms. The van der Waals surface area contributed by atoms with Gasteiger partial charge in [0.05, 0.1) is 0 Å². The van der Waals surface area contributed by atoms with Crippen molar-refractivity contribution in [2.24, 2.45) is 0 Å². The Labute approximate surface area is 148 Å². The van der Waals surface area contributed by atoms with E-state index in [4.69, 9.17) is 20.3 Å². The summed E-state index contributed by atoms with van der Waals surface area (Å²) in [5, 5.41) is 0. The van der Waals surface area contributed by atoms with Crippen LogP contribution < -0.4 is 11.5 Å². The number of nitrogens with zero attached hydrogens (tertiary/aromatic N) is 2. The first kappa shape index (κ1) is 14.5. The number of benzene rings is 3. The highest BCUT2D eigenvalue weighted by atomic mass is 16.4. The molecule has 0 amide bonds. The van der Waals surface area contributed by atoms with Crippen molar-refractivity contribution in [2.45, 2.75) is 0 Å². The van der Waals surface area contributed by atoms with Gasteiger partial charge in [0.2, 0.25) is 11.8 Å². The first-order valence-corrected chi connectivity index (χ1v) is 8.09. The molecule has 126 valence electrons. The summed E-state index contributed by atoms with van der Waals surface area (Å²) in [6.07, 6.45) is 0. The van der Waals surface area contributed by atoms with E-state index >= 15 is 0 Å². The van der Waals surface area contributed by atoms with E-state index in [1.165, 1.54) is 0 Å². The Hall–Kier alpha value is -3.80. The molecule has 0 atom stereocenters. The fraction of sp³-hybridized carbons (Fsp3) is 0. The quantitative estimate of drug-likeness (QED) is 0.459. The Morgan fingerprint density at radius 2 is 1.27 bits per heavy atom. The Morgan fingerprint density at radius 3 is 1.92 bits per heavy atom. The van der Waals surface area contributed by atoms with Crippen molar-refractivity contribution in [1.82, 2.24) is 9.97 Å². The number of nitrogen functional groups attached to an aromatic ring is 2. The van der Waals surface area contributed by atoms with Gasteiger partial charge < -0.3 is 20.3 Å². The van der Waals surface area contributed by atoms with Crippen molar-refractivity contribution in [1.29, 1.82) is 0 Å². The second-order valence-corrected chi connectivity index (χ2v) is 6.07. The van der Waals surface area contributed by atoms with Gasteiger partial charge in [0.15, 0.2) is 11.2 Å². The number of rotatable bonds is 2. The van der Waals surface area contributed by atoms with Crippen LogP contribution in [0, 0.1) is 0 Å². The molecule has 6 heteroatoms. The van der Waals surface area contributed by atoms with E-state index in [-0.39, 0.29) is 0 Å². The third kappa shape index (κ3) is 2.36. The molecule has 0 saturated carbocycles. The smallest absolute Gasteiger partial charge is 0.227 e. The minimum absolute atomic E-state index is 0.513. The lowest BCUT2D eigenvalue weighted by atomic mass is 10.2. The number of oxazole rings is 2. The maximum atomic E-state index is 5.88. The van der Waals surface area contributed by atoms with Gasteiger partial charge in [-0.2, -0.15) is 0 Å². The highest BCUT2D eigenvalue weighted by Crippen LogP contribution is 2.31. The summed E-state index contributed by atoms with van der Waals surface area (Å²) in [6, 6.07) is 18.5. The van der Waals surface area contributed by atoms with E-state index in [2.05, 4.69) is 9.97 Å². The molecule has 0 unspecified atom stereocenters. The van der Waals surface area contributed by atoms with E-state index in [0.29, 0.717) is 39.8 Å². The van der Waals surface area contributed by atoms with Crippen LogP contribution in [0.2, 0.25) is 0 Å². The summed E-state index contributed by atoms with van der Waals surface area (Å²) >= 11 is 0. The van der Waals surface area contributed by atoms with E-state index < -0.39 is 0 Å². The van der Waals surface area contributed by atoms with Crippen LogP contribution in [-0.4, -0.2) is 9.97 Å². The van der Waals surface area contributed by atoms with Crippen molar-refractivity contribution in [3.05, 3.63) is 60.7 Å². The van der Waals surface area contributed by atoms with Crippen LogP contribution in [0.4, 0.5) is 11.4 Å². The van der Waals surface area contributed by atoms with E-state index in [1.54, 1.807) is 6.07 Å². The molecule has 6 nitrogen and oxygen atoms in total. The molecule has 0 aliphatic rings. The van der Waals surface area contributed by atoms with Gasteiger partial charge in [0.1, 0.15) is 11.0 Å². The monoisotopic (exact) mass is 342 g/mol. The fourth-order valence-corrected chi connectivity index (χ4v) is 2.89. The summed E-state index contributed by atoms with van der Waals surface area (Å²) < 4.78 is 11.8. The lowest BCUT2D eigenvalue weighted by Crippen LogP contribution is -1.84. The van der Waals surface area contributed by atoms with Crippen LogP contribution in [-0.2, 0) is 0 Å². The molecule has 2 aromatic heterocycles. The van der Waals surface area contributed by atoms with E-state index in [1.807, 2.05) is 54.6 Å². The zero-order chi connectivity index (χ0) is 17.7. The normalized spacial score (nSPS) is 11.4. The van der Waals surface area contributed by atoms with Crippen molar-refractivity contribution in [2.75, 3.05) is 11.5 Å². The van der Waals surface area contributed by atoms with E-state index in [9.17, 15) is 0 Å². The number of nitrogens with two attached hydrogens (primary N) is 2. The average Bonchev–Trinajstić information content (AvgIpc) is 3.23. The van der Waals surface area contributed by atoms with Crippen molar-refractivity contribution in [3.8, 4) is 22.9 Å². The molecule has 0 fully saturated rings. The van der Waals surface area contributed by atoms with Crippen LogP contribution in [0.25, 0.3) is 45.1 Å². The zero-order valence-electron chi connectivity index (χ0n) is 13.6. The first-order chi connectivity index (χ1) is 12.7. The standard InChI is InChI=1S/C20H14N4O2/c21-13-6-4-11(5-7-13)19-23-15-9-16-18(10-17(15)25-19)26-20(24-16)12-2-1-3-14(22)8-12/h1-10H,21-22H2. The van der Waals surface area contributed by atoms with Gasteiger partial charge in [-0.25, -0.2) is 9.97 Å². The highest BCUT2D eigenvalue weighted by molar-refractivity contribution is 5.91. The minimum Gasteiger partial charge on any atom is -0.436 e. The van der Waals surface area contributed by atoms with Crippen LogP contribution >= 0.6 is 0 Å². The number of fused-ring (bicyclic) bond motifs is 2. The molecule has 0 aliphatic heterocycles. The van der Waals surface area contributed by atoms with Gasteiger partial charge in [-0.05, 0) is 48.5 Å². The third-order valence-electron chi connectivity index (χ3n) is 4.19. The maximum absolute atomic E-state index is 5.88. The lowest BCUT2D eigenvalue weighted by molar-refractivity contribution is 0.609. The molecule has 5 rings (SSSR count). The minimum atomic E-state index is 0.513. The topological polar surface area (TPSA) is 104 Å². The molecular weight excluding hydrogens is 328 g/mol. The predicted octanol–water partition coefficient (Wildman–Crippen LogP) is 4.47. The van der Waals surface area contributed by atoms with Gasteiger partial charge in [-0.3, -0.25) is 0 Å². The fourth-order valence-electron chi connectivity index (χ4n) is 2.89. The average molecular weight is 342 g/mol. The lowest BCUT2D eigenvalue weighted by Gasteiger charge is -1.96. The molecule has 5 aromatic rings. The Morgan fingerprint density at radius 1 is 0.615 bits per heavy atom. The second kappa shape index (κ2) is 5.35. The first-order valence-electron chi connectivity index (χ1n) is 8.09. The summed E-state index contributed by atoms with van der Waals surface area (Å²) in [7, 11) is 0. The molecule has 0 radical (unpaired) electrons. The molecular formula is C20H14N4O2. The van der Waals surface area contributed by atoms with Gasteiger partial charge in [-0.15, -0.1) is 0 Å². The predicted molar refractivity (Wildman–Crippen MR) is 101 cm³/mol. The Kier molecular flexibility index (Phi) is 2.99. The van der Waals surface area contributed by atoms with Crippen molar-refractivity contribution in [3.63, 3.8) is 0 Å². The maximum Gasteiger partial charge on any atom is 0.227 e. The molecule has 0 bridgehead atoms. The van der Waals surface area contributed by atoms with Crippen LogP contribution in [0.1, 0.15) is 0 Å². The number of hydrogen-bond acceptors (Lipinski definition) is 6. The molecule has 4 N–H and O–H groups in total. The Bertz CT molecular complexity index is 1200. The van der Waals surface area contributed by atoms with Crippen molar-refractivity contribution < 1.29 is 8.83 Å². The third-order valence-corrected chi connectivity index (χ3v) is 4.19. The largest absolute Gasteiger partial charge is 0.436 e. The summed E-state index contributed by atoms with van der Waals surface area (Å²) in [4.78, 5) is 9.10. The van der Waals surface area contributed by atoms with Gasteiger partial charge in [0.25, 0.3) is 0 Å². The zero-order valence-corrected chi connectivity index (χ0v) is 13.6. The van der Waals surface area contributed by atoms with Gasteiger partial charge >= 0.3 is 0 Å². The van der Waals surface area contributed by atoms with E-state index in [0.717, 1.165) is 16.6 Å². The summed E-state index contributed by atoms with van der Waals surface area (Å²) in [5.74, 6) is 1.04. The summed E-state index contributed by atoms with van der Waals surface area (Å²) in [5.41, 5.74) is 17.3.